The van der Waals surface area contributed by atoms with Gasteiger partial charge in [0.1, 0.15) is 11.4 Å². The molecule has 1 aliphatic rings. The highest BCUT2D eigenvalue weighted by molar-refractivity contribution is 5.53. The van der Waals surface area contributed by atoms with Crippen LogP contribution >= 0.6 is 0 Å². The van der Waals surface area contributed by atoms with Gasteiger partial charge in [0, 0.05) is 24.7 Å². The minimum Gasteiger partial charge on any atom is -0.298 e. The number of alkyl halides is 3. The molecular weight excluding hydrogens is 365 g/mol. The highest BCUT2D eigenvalue weighted by Crippen LogP contribution is 2.38. The van der Waals surface area contributed by atoms with Crippen molar-refractivity contribution in [1.29, 1.82) is 0 Å². The molecule has 1 saturated heterocycles. The molecule has 3 heterocycles. The first-order valence-corrected chi connectivity index (χ1v) is 9.46. The number of hydrogen-bond acceptors (Lipinski definition) is 3. The normalized spacial score (nSPS) is 21.3. The number of halogens is 3. The van der Waals surface area contributed by atoms with Gasteiger partial charge in [-0.15, -0.1) is 10.2 Å². The number of piperidine rings is 1. The lowest BCUT2D eigenvalue weighted by molar-refractivity contribution is -0.137. The molecular formula is C21H23F3N4. The van der Waals surface area contributed by atoms with Gasteiger partial charge in [0.15, 0.2) is 5.65 Å². The summed E-state index contributed by atoms with van der Waals surface area (Å²) in [6, 6.07) is 11.8. The molecule has 0 aliphatic carbocycles. The fraction of sp³-hybridized carbons (Fsp3) is 0.429. The van der Waals surface area contributed by atoms with Crippen LogP contribution in [0.15, 0.2) is 42.6 Å². The number of pyridine rings is 1. The van der Waals surface area contributed by atoms with Crippen LogP contribution in [0, 0.1) is 6.92 Å². The lowest BCUT2D eigenvalue weighted by Crippen LogP contribution is -2.44. The van der Waals surface area contributed by atoms with Crippen LogP contribution in [0.4, 0.5) is 13.2 Å². The molecule has 4 nitrogen and oxygen atoms in total. The highest BCUT2D eigenvalue weighted by Gasteiger charge is 2.39. The Kier molecular flexibility index (Phi) is 4.65. The Bertz CT molecular complexity index is 980. The predicted molar refractivity (Wildman–Crippen MR) is 101 cm³/mol. The zero-order valence-corrected chi connectivity index (χ0v) is 16.0. The monoisotopic (exact) mass is 388 g/mol. The first kappa shape index (κ1) is 18.9. The molecule has 1 aliphatic heterocycles. The second-order valence-corrected chi connectivity index (χ2v) is 7.90. The van der Waals surface area contributed by atoms with Crippen molar-refractivity contribution >= 4 is 5.65 Å². The molecule has 1 aromatic carbocycles. The second-order valence-electron chi connectivity index (χ2n) is 7.90. The number of fused-ring (bicyclic) bond motifs is 1. The third-order valence-corrected chi connectivity index (χ3v) is 5.76. The van der Waals surface area contributed by atoms with Crippen molar-refractivity contribution in [3.05, 3.63) is 65.1 Å². The van der Waals surface area contributed by atoms with Crippen LogP contribution in [0.5, 0.6) is 0 Å². The zero-order valence-electron chi connectivity index (χ0n) is 16.0. The smallest absolute Gasteiger partial charge is 0.298 e. The van der Waals surface area contributed by atoms with Crippen LogP contribution in [0.25, 0.3) is 5.65 Å². The molecule has 0 amide bonds. The Labute approximate surface area is 162 Å². The molecule has 1 atom stereocenters. The van der Waals surface area contributed by atoms with Crippen molar-refractivity contribution in [2.24, 2.45) is 0 Å². The SMILES string of the molecule is Cc1nnc2c(C(F)(F)F)c(CN3CCCC(C)(c4ccccc4)C3)ccn12. The number of aryl methyl sites for hydroxylation is 1. The summed E-state index contributed by atoms with van der Waals surface area (Å²) < 4.78 is 43.0. The number of rotatable bonds is 3. The maximum atomic E-state index is 13.9. The summed E-state index contributed by atoms with van der Waals surface area (Å²) >= 11 is 0. The van der Waals surface area contributed by atoms with Crippen LogP contribution in [0.3, 0.4) is 0 Å². The number of likely N-dealkylation sites (tertiary alicyclic amines) is 1. The molecule has 0 N–H and O–H groups in total. The molecule has 0 bridgehead atoms. The van der Waals surface area contributed by atoms with E-state index in [4.69, 9.17) is 0 Å². The molecule has 28 heavy (non-hydrogen) atoms. The van der Waals surface area contributed by atoms with E-state index in [1.54, 1.807) is 19.2 Å². The van der Waals surface area contributed by atoms with E-state index in [2.05, 4.69) is 34.2 Å². The topological polar surface area (TPSA) is 33.4 Å². The third kappa shape index (κ3) is 3.39. The van der Waals surface area contributed by atoms with Crippen molar-refractivity contribution < 1.29 is 13.2 Å². The Morgan fingerprint density at radius 2 is 1.86 bits per heavy atom. The molecule has 0 spiro atoms. The van der Waals surface area contributed by atoms with E-state index >= 15 is 0 Å². The number of hydrogen-bond donors (Lipinski definition) is 0. The van der Waals surface area contributed by atoms with Crippen molar-refractivity contribution in [2.75, 3.05) is 13.1 Å². The molecule has 3 aromatic rings. The van der Waals surface area contributed by atoms with Crippen LogP contribution < -0.4 is 0 Å². The van der Waals surface area contributed by atoms with E-state index in [9.17, 15) is 13.2 Å². The molecule has 1 unspecified atom stereocenters. The van der Waals surface area contributed by atoms with E-state index in [0.717, 1.165) is 25.9 Å². The van der Waals surface area contributed by atoms with E-state index in [1.165, 1.54) is 9.96 Å². The maximum Gasteiger partial charge on any atom is 0.420 e. The Morgan fingerprint density at radius 1 is 1.11 bits per heavy atom. The van der Waals surface area contributed by atoms with Crippen molar-refractivity contribution in [1.82, 2.24) is 19.5 Å². The van der Waals surface area contributed by atoms with Gasteiger partial charge >= 0.3 is 6.18 Å². The maximum absolute atomic E-state index is 13.9. The molecule has 4 rings (SSSR count). The summed E-state index contributed by atoms with van der Waals surface area (Å²) in [4.78, 5) is 2.13. The zero-order chi connectivity index (χ0) is 19.9. The number of aromatic nitrogens is 3. The van der Waals surface area contributed by atoms with Gasteiger partial charge in [0.05, 0.1) is 0 Å². The average Bonchev–Trinajstić information content (AvgIpc) is 3.02. The van der Waals surface area contributed by atoms with Crippen molar-refractivity contribution in [2.45, 2.75) is 44.8 Å². The van der Waals surface area contributed by atoms with Crippen LogP contribution in [0.1, 0.15) is 42.3 Å². The molecule has 7 heteroatoms. The molecule has 0 saturated carbocycles. The fourth-order valence-corrected chi connectivity index (χ4v) is 4.35. The van der Waals surface area contributed by atoms with Crippen molar-refractivity contribution in [3.63, 3.8) is 0 Å². The summed E-state index contributed by atoms with van der Waals surface area (Å²) in [6.07, 6.45) is -0.855. The highest BCUT2D eigenvalue weighted by atomic mass is 19.4. The van der Waals surface area contributed by atoms with Gasteiger partial charge in [0.25, 0.3) is 0 Å². The van der Waals surface area contributed by atoms with Gasteiger partial charge in [0.2, 0.25) is 0 Å². The van der Waals surface area contributed by atoms with Crippen LogP contribution in [-0.2, 0) is 18.1 Å². The van der Waals surface area contributed by atoms with E-state index in [1.807, 2.05) is 18.2 Å². The lowest BCUT2D eigenvalue weighted by atomic mass is 9.76. The summed E-state index contributed by atoms with van der Waals surface area (Å²) in [5, 5.41) is 7.61. The van der Waals surface area contributed by atoms with Gasteiger partial charge in [-0.1, -0.05) is 37.3 Å². The van der Waals surface area contributed by atoms with Crippen LogP contribution in [0.2, 0.25) is 0 Å². The summed E-state index contributed by atoms with van der Waals surface area (Å²) in [5.41, 5.74) is 0.630. The quantitative estimate of drug-likeness (QED) is 0.657. The summed E-state index contributed by atoms with van der Waals surface area (Å²) in [5.74, 6) is 0.446. The van der Waals surface area contributed by atoms with Gasteiger partial charge in [-0.2, -0.15) is 13.2 Å². The standard InChI is InChI=1S/C21H23F3N4/c1-15-25-26-19-18(21(22,23)24)16(9-12-28(15)19)13-27-11-6-10-20(2,14-27)17-7-4-3-5-8-17/h3-5,7-9,12H,6,10-11,13-14H2,1-2H3. The predicted octanol–water partition coefficient (Wildman–Crippen LogP) is 4.61. The fourth-order valence-electron chi connectivity index (χ4n) is 4.35. The molecule has 1 fully saturated rings. The summed E-state index contributed by atoms with van der Waals surface area (Å²) in [7, 11) is 0. The average molecular weight is 388 g/mol. The number of benzene rings is 1. The first-order chi connectivity index (χ1) is 13.3. The van der Waals surface area contributed by atoms with E-state index in [0.29, 0.717) is 5.82 Å². The lowest BCUT2D eigenvalue weighted by Gasteiger charge is -2.41. The first-order valence-electron chi connectivity index (χ1n) is 9.46. The van der Waals surface area contributed by atoms with Gasteiger partial charge < -0.3 is 0 Å². The second kappa shape index (κ2) is 6.88. The minimum atomic E-state index is -4.48. The van der Waals surface area contributed by atoms with E-state index < -0.39 is 11.7 Å². The Morgan fingerprint density at radius 3 is 2.57 bits per heavy atom. The summed E-state index contributed by atoms with van der Waals surface area (Å²) in [6.45, 7) is 5.61. The van der Waals surface area contributed by atoms with E-state index in [-0.39, 0.29) is 23.2 Å². The Balaban J connectivity index is 1.66. The largest absolute Gasteiger partial charge is 0.420 e. The van der Waals surface area contributed by atoms with Crippen molar-refractivity contribution in [3.8, 4) is 0 Å². The minimum absolute atomic E-state index is 0.0620. The van der Waals surface area contributed by atoms with Crippen LogP contribution in [-0.4, -0.2) is 32.6 Å². The molecule has 0 radical (unpaired) electrons. The molecule has 2 aromatic heterocycles. The van der Waals surface area contributed by atoms with Gasteiger partial charge in [-0.3, -0.25) is 9.30 Å². The number of nitrogens with zero attached hydrogens (tertiary/aromatic N) is 4. The van der Waals surface area contributed by atoms with Gasteiger partial charge in [-0.25, -0.2) is 0 Å². The van der Waals surface area contributed by atoms with Gasteiger partial charge in [-0.05, 0) is 43.5 Å². The Hall–Kier alpha value is -2.41. The molecule has 148 valence electrons. The third-order valence-electron chi connectivity index (χ3n) is 5.76.